The highest BCUT2D eigenvalue weighted by Gasteiger charge is 2.34. The molecule has 0 saturated carbocycles. The molecule has 31 heavy (non-hydrogen) atoms. The van der Waals surface area contributed by atoms with Crippen molar-refractivity contribution in [1.29, 1.82) is 0 Å². The van der Waals surface area contributed by atoms with Crippen molar-refractivity contribution in [1.82, 2.24) is 5.32 Å². The van der Waals surface area contributed by atoms with Gasteiger partial charge < -0.3 is 15.1 Å². The molecule has 2 aromatic heterocycles. The fourth-order valence-electron chi connectivity index (χ4n) is 4.09. The van der Waals surface area contributed by atoms with E-state index in [0.717, 1.165) is 24.8 Å². The largest absolute Gasteiger partial charge is 0.467 e. The van der Waals surface area contributed by atoms with E-state index in [2.05, 4.69) is 31.4 Å². The second kappa shape index (κ2) is 8.71. The molecule has 162 valence electrons. The van der Waals surface area contributed by atoms with Crippen LogP contribution in [0.1, 0.15) is 64.1 Å². The summed E-state index contributed by atoms with van der Waals surface area (Å²) in [5, 5.41) is 6.59. The number of carbonyl (C=O) groups is 2. The maximum Gasteiger partial charge on any atom is 0.256 e. The summed E-state index contributed by atoms with van der Waals surface area (Å²) in [5.74, 6) is 0.869. The zero-order valence-electron chi connectivity index (χ0n) is 18.2. The predicted octanol–water partition coefficient (Wildman–Crippen LogP) is 5.67. The average molecular weight is 437 g/mol. The van der Waals surface area contributed by atoms with Crippen molar-refractivity contribution in [3.63, 3.8) is 0 Å². The van der Waals surface area contributed by atoms with E-state index in [0.29, 0.717) is 34.4 Å². The third-order valence-electron chi connectivity index (χ3n) is 5.98. The van der Waals surface area contributed by atoms with Crippen LogP contribution in [0.25, 0.3) is 0 Å². The van der Waals surface area contributed by atoms with Crippen molar-refractivity contribution >= 4 is 28.2 Å². The number of rotatable bonds is 5. The van der Waals surface area contributed by atoms with Gasteiger partial charge in [0.05, 0.1) is 18.4 Å². The lowest BCUT2D eigenvalue weighted by Crippen LogP contribution is -2.28. The van der Waals surface area contributed by atoms with Gasteiger partial charge in [-0.05, 0) is 60.4 Å². The van der Waals surface area contributed by atoms with Crippen molar-refractivity contribution in [2.75, 3.05) is 5.32 Å². The van der Waals surface area contributed by atoms with Gasteiger partial charge in [-0.3, -0.25) is 9.59 Å². The lowest BCUT2D eigenvalue weighted by Gasteiger charge is -2.33. The van der Waals surface area contributed by atoms with Crippen LogP contribution >= 0.6 is 11.3 Å². The number of nitrogens with one attached hydrogen (secondary N) is 2. The number of amides is 2. The lowest BCUT2D eigenvalue weighted by molar-refractivity contribution is 0.0947. The molecule has 6 heteroatoms. The Morgan fingerprint density at radius 3 is 2.55 bits per heavy atom. The quantitative estimate of drug-likeness (QED) is 0.541. The van der Waals surface area contributed by atoms with Crippen LogP contribution in [0.5, 0.6) is 0 Å². The van der Waals surface area contributed by atoms with Crippen LogP contribution < -0.4 is 10.6 Å². The zero-order valence-corrected chi connectivity index (χ0v) is 19.0. The van der Waals surface area contributed by atoms with E-state index in [1.54, 1.807) is 35.8 Å². The summed E-state index contributed by atoms with van der Waals surface area (Å²) >= 11 is 1.54. The summed E-state index contributed by atoms with van der Waals surface area (Å²) in [6.45, 7) is 7.12. The third kappa shape index (κ3) is 4.74. The number of fused-ring (bicyclic) bond motifs is 1. The van der Waals surface area contributed by atoms with Crippen molar-refractivity contribution < 1.29 is 14.0 Å². The normalized spacial score (nSPS) is 15.9. The van der Waals surface area contributed by atoms with Crippen LogP contribution in [0.3, 0.4) is 0 Å². The maximum atomic E-state index is 13.2. The number of hydrogen-bond donors (Lipinski definition) is 2. The minimum Gasteiger partial charge on any atom is -0.467 e. The summed E-state index contributed by atoms with van der Waals surface area (Å²) in [4.78, 5) is 27.2. The van der Waals surface area contributed by atoms with Gasteiger partial charge in [-0.2, -0.15) is 0 Å². The molecule has 2 amide bonds. The molecule has 1 aliphatic rings. The lowest BCUT2D eigenvalue weighted by atomic mass is 9.72. The molecule has 0 spiro atoms. The van der Waals surface area contributed by atoms with Crippen LogP contribution in [0.4, 0.5) is 5.00 Å². The van der Waals surface area contributed by atoms with Gasteiger partial charge in [0.1, 0.15) is 10.8 Å². The molecule has 0 radical (unpaired) electrons. The van der Waals surface area contributed by atoms with Gasteiger partial charge in [0.15, 0.2) is 0 Å². The molecule has 2 N–H and O–H groups in total. The smallest absolute Gasteiger partial charge is 0.256 e. The van der Waals surface area contributed by atoms with E-state index in [-0.39, 0.29) is 17.2 Å². The van der Waals surface area contributed by atoms with E-state index in [1.165, 1.54) is 4.88 Å². The molecule has 0 bridgehead atoms. The second-order valence-corrected chi connectivity index (χ2v) is 10.2. The standard InChI is InChI=1S/C25H28N2O3S/c1-25(2,3)17-11-12-19-20(14-17)31-24(27-22(28)16-8-5-4-6-9-16)21(19)23(29)26-15-18-10-7-13-30-18/h4-10,13,17H,11-12,14-15H2,1-3H3,(H,26,29)(H,27,28)/t17-/m1/s1. The molecular formula is C25H28N2O3S. The predicted molar refractivity (Wildman–Crippen MR) is 124 cm³/mol. The molecule has 0 aliphatic heterocycles. The average Bonchev–Trinajstić information content (AvgIpc) is 3.39. The Kier molecular flexibility index (Phi) is 6.01. The number of benzene rings is 1. The third-order valence-corrected chi connectivity index (χ3v) is 7.15. The number of anilines is 1. The Morgan fingerprint density at radius 2 is 1.87 bits per heavy atom. The highest BCUT2D eigenvalue weighted by atomic mass is 32.1. The van der Waals surface area contributed by atoms with E-state index >= 15 is 0 Å². The highest BCUT2D eigenvalue weighted by Crippen LogP contribution is 2.44. The molecule has 3 aromatic rings. The number of carbonyl (C=O) groups excluding carboxylic acids is 2. The van der Waals surface area contributed by atoms with Crippen molar-refractivity contribution in [2.24, 2.45) is 11.3 Å². The molecule has 2 heterocycles. The first-order valence-corrected chi connectivity index (χ1v) is 11.5. The monoisotopic (exact) mass is 436 g/mol. The molecule has 5 nitrogen and oxygen atoms in total. The molecule has 4 rings (SSSR count). The summed E-state index contributed by atoms with van der Waals surface area (Å²) in [6, 6.07) is 12.7. The Morgan fingerprint density at radius 1 is 1.10 bits per heavy atom. The van der Waals surface area contributed by atoms with Gasteiger partial charge in [-0.1, -0.05) is 39.0 Å². The van der Waals surface area contributed by atoms with Gasteiger partial charge in [-0.25, -0.2) is 0 Å². The van der Waals surface area contributed by atoms with E-state index < -0.39 is 0 Å². The van der Waals surface area contributed by atoms with Crippen molar-refractivity contribution in [3.05, 3.63) is 76.1 Å². The first-order chi connectivity index (χ1) is 14.8. The summed E-state index contributed by atoms with van der Waals surface area (Å²) in [6.07, 6.45) is 4.41. The van der Waals surface area contributed by atoms with E-state index in [4.69, 9.17) is 4.42 Å². The number of furan rings is 1. The molecule has 0 saturated heterocycles. The van der Waals surface area contributed by atoms with Crippen LogP contribution in [0, 0.1) is 11.3 Å². The van der Waals surface area contributed by atoms with Crippen molar-refractivity contribution in [3.8, 4) is 0 Å². The fraction of sp³-hybridized carbons (Fsp3) is 0.360. The Balaban J connectivity index is 1.63. The maximum absolute atomic E-state index is 13.2. The fourth-order valence-corrected chi connectivity index (χ4v) is 5.41. The van der Waals surface area contributed by atoms with E-state index in [1.807, 2.05) is 24.3 Å². The molecular weight excluding hydrogens is 408 g/mol. The van der Waals surface area contributed by atoms with Crippen LogP contribution in [0.2, 0.25) is 0 Å². The first-order valence-electron chi connectivity index (χ1n) is 10.6. The number of hydrogen-bond acceptors (Lipinski definition) is 4. The molecule has 1 aromatic carbocycles. The summed E-state index contributed by atoms with van der Waals surface area (Å²) in [7, 11) is 0. The molecule has 1 atom stereocenters. The SMILES string of the molecule is CC(C)(C)[C@@H]1CCc2c(sc(NC(=O)c3ccccc3)c2C(=O)NCc2ccco2)C1. The topological polar surface area (TPSA) is 71.3 Å². The van der Waals surface area contributed by atoms with Crippen LogP contribution in [0.15, 0.2) is 53.1 Å². The Bertz CT molecular complexity index is 1060. The second-order valence-electron chi connectivity index (χ2n) is 9.10. The van der Waals surface area contributed by atoms with Gasteiger partial charge in [0.2, 0.25) is 0 Å². The molecule has 1 aliphatic carbocycles. The molecule has 0 fully saturated rings. The summed E-state index contributed by atoms with van der Waals surface area (Å²) in [5.41, 5.74) is 2.45. The highest BCUT2D eigenvalue weighted by molar-refractivity contribution is 7.17. The Hall–Kier alpha value is -2.86. The molecule has 0 unspecified atom stereocenters. The zero-order chi connectivity index (χ0) is 22.0. The van der Waals surface area contributed by atoms with Crippen LogP contribution in [-0.2, 0) is 19.4 Å². The Labute approximate surface area is 186 Å². The minimum atomic E-state index is -0.202. The summed E-state index contributed by atoms with van der Waals surface area (Å²) < 4.78 is 5.34. The first kappa shape index (κ1) is 21.4. The number of thiophene rings is 1. The van der Waals surface area contributed by atoms with Gasteiger partial charge >= 0.3 is 0 Å². The van der Waals surface area contributed by atoms with Crippen molar-refractivity contribution in [2.45, 2.75) is 46.6 Å². The minimum absolute atomic E-state index is 0.175. The van der Waals surface area contributed by atoms with E-state index in [9.17, 15) is 9.59 Å². The van der Waals surface area contributed by atoms with Gasteiger partial charge in [0.25, 0.3) is 11.8 Å². The van der Waals surface area contributed by atoms with Crippen LogP contribution in [-0.4, -0.2) is 11.8 Å². The van der Waals surface area contributed by atoms with Gasteiger partial charge in [0, 0.05) is 10.4 Å². The van der Waals surface area contributed by atoms with Gasteiger partial charge in [-0.15, -0.1) is 11.3 Å².